The van der Waals surface area contributed by atoms with E-state index in [0.29, 0.717) is 5.75 Å². The summed E-state index contributed by atoms with van der Waals surface area (Å²) in [5.74, 6) is -0.980. The fourth-order valence-electron chi connectivity index (χ4n) is 4.96. The second-order valence-electron chi connectivity index (χ2n) is 8.22. The number of ether oxygens (including phenoxy) is 2. The van der Waals surface area contributed by atoms with E-state index in [1.807, 2.05) is 32.0 Å². The van der Waals surface area contributed by atoms with Crippen LogP contribution in [0, 0.1) is 35.8 Å². The van der Waals surface area contributed by atoms with Crippen molar-refractivity contribution in [3.63, 3.8) is 0 Å². The van der Waals surface area contributed by atoms with Crippen LogP contribution in [0.3, 0.4) is 0 Å². The van der Waals surface area contributed by atoms with Crippen LogP contribution in [-0.4, -0.2) is 28.9 Å². The number of hydrogen-bond donors (Lipinski definition) is 0. The van der Waals surface area contributed by atoms with Crippen LogP contribution in [0.15, 0.2) is 36.4 Å². The largest absolute Gasteiger partial charge is 0.457 e. The molecule has 0 saturated carbocycles. The number of non-ortho nitro benzene ring substituents is 1. The summed E-state index contributed by atoms with van der Waals surface area (Å²) in [4.78, 5) is 38.1. The van der Waals surface area contributed by atoms with Gasteiger partial charge in [-0.25, -0.2) is 4.90 Å². The van der Waals surface area contributed by atoms with Gasteiger partial charge in [0.2, 0.25) is 11.8 Å². The van der Waals surface area contributed by atoms with Crippen LogP contribution in [0.4, 0.5) is 11.4 Å². The molecular weight excluding hydrogens is 388 g/mol. The number of fused-ring (bicyclic) bond motifs is 5. The first-order valence-electron chi connectivity index (χ1n) is 9.91. The number of carbonyl (C=O) groups is 2. The third kappa shape index (κ3) is 2.87. The summed E-state index contributed by atoms with van der Waals surface area (Å²) in [6.07, 6.45) is 1.03. The van der Waals surface area contributed by atoms with E-state index in [1.54, 1.807) is 0 Å². The number of imide groups is 1. The molecule has 3 fully saturated rings. The molecule has 0 aliphatic carbocycles. The summed E-state index contributed by atoms with van der Waals surface area (Å²) in [6, 6.07) is 9.66. The molecule has 0 spiro atoms. The number of nitrogens with zero attached hydrogens (tertiary/aromatic N) is 2. The average Bonchev–Trinajstić information content (AvgIpc) is 3.34. The molecule has 3 aliphatic heterocycles. The Balaban J connectivity index is 1.53. The molecule has 2 bridgehead atoms. The number of benzene rings is 2. The fourth-order valence-corrected chi connectivity index (χ4v) is 4.96. The van der Waals surface area contributed by atoms with Gasteiger partial charge >= 0.3 is 0 Å². The van der Waals surface area contributed by atoms with Gasteiger partial charge in [-0.3, -0.25) is 19.7 Å². The minimum Gasteiger partial charge on any atom is -0.457 e. The zero-order chi connectivity index (χ0) is 21.2. The lowest BCUT2D eigenvalue weighted by Gasteiger charge is -2.18. The first-order chi connectivity index (χ1) is 14.3. The lowest BCUT2D eigenvalue weighted by atomic mass is 9.81. The lowest BCUT2D eigenvalue weighted by Crippen LogP contribution is -2.34. The molecule has 0 radical (unpaired) electrons. The number of anilines is 1. The van der Waals surface area contributed by atoms with Crippen LogP contribution in [-0.2, 0) is 14.3 Å². The molecule has 0 unspecified atom stereocenters. The van der Waals surface area contributed by atoms with Crippen molar-refractivity contribution in [3.05, 3.63) is 57.6 Å². The van der Waals surface area contributed by atoms with E-state index >= 15 is 0 Å². The molecule has 5 rings (SSSR count). The Morgan fingerprint density at radius 2 is 1.50 bits per heavy atom. The molecule has 4 atom stereocenters. The van der Waals surface area contributed by atoms with E-state index in [-0.39, 0.29) is 41.1 Å². The van der Waals surface area contributed by atoms with Gasteiger partial charge < -0.3 is 9.47 Å². The van der Waals surface area contributed by atoms with Crippen molar-refractivity contribution < 1.29 is 24.0 Å². The van der Waals surface area contributed by atoms with Gasteiger partial charge in [-0.2, -0.15) is 0 Å². The number of nitro groups is 1. The van der Waals surface area contributed by atoms with E-state index in [1.165, 1.54) is 18.2 Å². The van der Waals surface area contributed by atoms with Gasteiger partial charge in [-0.05, 0) is 49.9 Å². The minimum absolute atomic E-state index is 0.160. The summed E-state index contributed by atoms with van der Waals surface area (Å²) in [6.45, 7) is 3.85. The summed E-state index contributed by atoms with van der Waals surface area (Å²) in [5.41, 5.74) is 1.89. The maximum Gasteiger partial charge on any atom is 0.275 e. The van der Waals surface area contributed by atoms with Crippen molar-refractivity contribution in [1.82, 2.24) is 0 Å². The molecule has 154 valence electrons. The second-order valence-corrected chi connectivity index (χ2v) is 8.22. The molecule has 30 heavy (non-hydrogen) atoms. The van der Waals surface area contributed by atoms with Gasteiger partial charge in [0, 0.05) is 12.1 Å². The molecule has 0 aromatic heterocycles. The molecule has 0 N–H and O–H groups in total. The third-order valence-electron chi connectivity index (χ3n) is 6.06. The average molecular weight is 408 g/mol. The lowest BCUT2D eigenvalue weighted by molar-refractivity contribution is -0.384. The normalized spacial score (nSPS) is 26.9. The Hall–Kier alpha value is -3.26. The molecule has 8 nitrogen and oxygen atoms in total. The number of rotatable bonds is 4. The molecular formula is C22H20N2O6. The zero-order valence-electron chi connectivity index (χ0n) is 16.5. The molecule has 2 amide bonds. The van der Waals surface area contributed by atoms with Crippen LogP contribution >= 0.6 is 0 Å². The van der Waals surface area contributed by atoms with Crippen LogP contribution < -0.4 is 9.64 Å². The Kier molecular flexibility index (Phi) is 4.14. The highest BCUT2D eigenvalue weighted by Gasteiger charge is 2.62. The highest BCUT2D eigenvalue weighted by Crippen LogP contribution is 2.50. The van der Waals surface area contributed by atoms with Crippen LogP contribution in [0.1, 0.15) is 24.0 Å². The predicted octanol–water partition coefficient (Wildman–Crippen LogP) is 3.67. The van der Waals surface area contributed by atoms with Crippen molar-refractivity contribution in [3.8, 4) is 11.5 Å². The molecule has 8 heteroatoms. The van der Waals surface area contributed by atoms with E-state index in [9.17, 15) is 19.7 Å². The molecule has 3 aliphatic rings. The highest BCUT2D eigenvalue weighted by atomic mass is 16.6. The monoisotopic (exact) mass is 408 g/mol. The number of amides is 2. The summed E-state index contributed by atoms with van der Waals surface area (Å²) in [7, 11) is 0. The number of nitro benzene ring substituents is 1. The van der Waals surface area contributed by atoms with Crippen molar-refractivity contribution >= 4 is 23.2 Å². The van der Waals surface area contributed by atoms with Gasteiger partial charge in [0.05, 0.1) is 40.7 Å². The van der Waals surface area contributed by atoms with E-state index in [0.717, 1.165) is 28.9 Å². The van der Waals surface area contributed by atoms with Crippen LogP contribution in [0.2, 0.25) is 0 Å². The van der Waals surface area contributed by atoms with E-state index in [4.69, 9.17) is 9.47 Å². The van der Waals surface area contributed by atoms with Gasteiger partial charge in [0.25, 0.3) is 5.69 Å². The maximum absolute atomic E-state index is 13.0. The first kappa shape index (κ1) is 18.7. The molecule has 2 aromatic rings. The Bertz CT molecular complexity index is 1050. The van der Waals surface area contributed by atoms with E-state index in [2.05, 4.69) is 0 Å². The molecule has 3 heterocycles. The Labute approximate surface area is 172 Å². The van der Waals surface area contributed by atoms with Crippen molar-refractivity contribution in [2.45, 2.75) is 38.9 Å². The molecule has 2 aromatic carbocycles. The van der Waals surface area contributed by atoms with Crippen molar-refractivity contribution in [2.75, 3.05) is 4.90 Å². The number of aryl methyl sites for hydroxylation is 2. The quantitative estimate of drug-likeness (QED) is 0.435. The smallest absolute Gasteiger partial charge is 0.275 e. The van der Waals surface area contributed by atoms with Gasteiger partial charge in [-0.15, -0.1) is 0 Å². The Morgan fingerprint density at radius 1 is 0.933 bits per heavy atom. The van der Waals surface area contributed by atoms with Crippen molar-refractivity contribution in [1.29, 1.82) is 0 Å². The standard InChI is InChI=1S/C22H20N2O6/c1-11-5-12(2)7-15(6-11)29-16-9-13(8-14(10-16)24(27)28)23-21(25)19-17-3-4-18(30-17)20(19)22(23)26/h5-10,17-20H,3-4H2,1-2H3/t17-,18-,19+,20+/m1/s1. The van der Waals surface area contributed by atoms with Crippen LogP contribution in [0.25, 0.3) is 0 Å². The third-order valence-corrected chi connectivity index (χ3v) is 6.06. The SMILES string of the molecule is Cc1cc(C)cc(Oc2cc(N3C(=O)[C@@H]4[C@@H](C3=O)[C@H]3CC[C@H]4O3)cc([N+](=O)[O-])c2)c1. The minimum atomic E-state index is -0.559. The molecule has 3 saturated heterocycles. The summed E-state index contributed by atoms with van der Waals surface area (Å²) >= 11 is 0. The first-order valence-corrected chi connectivity index (χ1v) is 9.91. The Morgan fingerprint density at radius 3 is 2.07 bits per heavy atom. The van der Waals surface area contributed by atoms with Crippen molar-refractivity contribution in [2.24, 2.45) is 11.8 Å². The zero-order valence-corrected chi connectivity index (χ0v) is 16.5. The van der Waals surface area contributed by atoms with E-state index < -0.39 is 16.8 Å². The van der Waals surface area contributed by atoms with Crippen LogP contribution in [0.5, 0.6) is 11.5 Å². The number of hydrogen-bond acceptors (Lipinski definition) is 6. The van der Waals surface area contributed by atoms with Gasteiger partial charge in [0.1, 0.15) is 11.5 Å². The maximum atomic E-state index is 13.0. The second kappa shape index (κ2) is 6.63. The number of carbonyl (C=O) groups excluding carboxylic acids is 2. The highest BCUT2D eigenvalue weighted by molar-refractivity contribution is 6.23. The summed E-state index contributed by atoms with van der Waals surface area (Å²) < 4.78 is 11.6. The summed E-state index contributed by atoms with van der Waals surface area (Å²) in [5, 5.41) is 11.5. The topological polar surface area (TPSA) is 99.0 Å². The van der Waals surface area contributed by atoms with Gasteiger partial charge in [0.15, 0.2) is 0 Å². The van der Waals surface area contributed by atoms with Gasteiger partial charge in [-0.1, -0.05) is 6.07 Å². The predicted molar refractivity (Wildman–Crippen MR) is 106 cm³/mol. The fraction of sp³-hybridized carbons (Fsp3) is 0.364.